The lowest BCUT2D eigenvalue weighted by molar-refractivity contribution is -0.127. The molecule has 1 aromatic carbocycles. The first-order valence-corrected chi connectivity index (χ1v) is 8.20. The molecule has 0 bridgehead atoms. The van der Waals surface area contributed by atoms with Crippen LogP contribution in [-0.2, 0) is 16.1 Å². The highest BCUT2D eigenvalue weighted by molar-refractivity contribution is 9.11. The summed E-state index contributed by atoms with van der Waals surface area (Å²) in [4.78, 5) is 24.2. The highest BCUT2D eigenvalue weighted by Gasteiger charge is 2.07. The minimum atomic E-state index is -0.335. The van der Waals surface area contributed by atoms with Gasteiger partial charge in [-0.15, -0.1) is 11.3 Å². The quantitative estimate of drug-likeness (QED) is 0.771. The molecule has 2 rings (SSSR count). The van der Waals surface area contributed by atoms with Crippen LogP contribution in [0.1, 0.15) is 4.88 Å². The second-order valence-corrected chi connectivity index (χ2v) is 6.91. The van der Waals surface area contributed by atoms with Crippen LogP contribution in [0.4, 0.5) is 0 Å². The van der Waals surface area contributed by atoms with Crippen LogP contribution >= 0.6 is 27.3 Å². The van der Waals surface area contributed by atoms with Crippen LogP contribution in [0.3, 0.4) is 0 Å². The van der Waals surface area contributed by atoms with E-state index in [1.54, 1.807) is 23.5 Å². The van der Waals surface area contributed by atoms with Crippen molar-refractivity contribution in [1.29, 1.82) is 0 Å². The highest BCUT2D eigenvalue weighted by Crippen LogP contribution is 2.21. The zero-order chi connectivity index (χ0) is 15.8. The number of nitrogens with one attached hydrogen (secondary N) is 2. The number of hydrogen-bond acceptors (Lipinski definition) is 4. The largest absolute Gasteiger partial charge is 0.484 e. The Morgan fingerprint density at radius 2 is 1.82 bits per heavy atom. The molecule has 0 atom stereocenters. The number of para-hydroxylation sites is 1. The molecule has 2 aromatic rings. The second kappa shape index (κ2) is 8.55. The minimum absolute atomic E-state index is 0.0659. The molecule has 0 fully saturated rings. The van der Waals surface area contributed by atoms with Crippen molar-refractivity contribution in [2.75, 3.05) is 13.2 Å². The number of benzene rings is 1. The number of ether oxygens (including phenoxy) is 1. The lowest BCUT2D eigenvalue weighted by atomic mass is 10.3. The first-order chi connectivity index (χ1) is 10.6. The molecule has 0 unspecified atom stereocenters. The van der Waals surface area contributed by atoms with Gasteiger partial charge in [-0.2, -0.15) is 0 Å². The van der Waals surface area contributed by atoms with Gasteiger partial charge in [0.1, 0.15) is 5.75 Å². The van der Waals surface area contributed by atoms with E-state index in [4.69, 9.17) is 4.74 Å². The summed E-state index contributed by atoms with van der Waals surface area (Å²) in [7, 11) is 0. The zero-order valence-electron chi connectivity index (χ0n) is 11.7. The fraction of sp³-hybridized carbons (Fsp3) is 0.200. The van der Waals surface area contributed by atoms with Crippen LogP contribution in [0.5, 0.6) is 5.75 Å². The van der Waals surface area contributed by atoms with Gasteiger partial charge >= 0.3 is 0 Å². The maximum absolute atomic E-state index is 11.6. The SMILES string of the molecule is O=C(CNC(=O)COc1ccccc1)NCc1ccc(Br)s1. The van der Waals surface area contributed by atoms with Crippen LogP contribution in [0.25, 0.3) is 0 Å². The van der Waals surface area contributed by atoms with Crippen molar-refractivity contribution in [3.63, 3.8) is 0 Å². The molecular formula is C15H15BrN2O3S. The maximum Gasteiger partial charge on any atom is 0.258 e. The first kappa shape index (κ1) is 16.5. The Morgan fingerprint density at radius 1 is 1.05 bits per heavy atom. The molecule has 7 heteroatoms. The zero-order valence-corrected chi connectivity index (χ0v) is 14.1. The standard InChI is InChI=1S/C15H15BrN2O3S/c16-13-7-6-12(22-13)8-17-14(19)9-18-15(20)10-21-11-4-2-1-3-5-11/h1-7H,8-10H2,(H,17,19)(H,18,20). The molecule has 0 aliphatic carbocycles. The number of amides is 2. The van der Waals surface area contributed by atoms with E-state index in [1.807, 2.05) is 30.3 Å². The van der Waals surface area contributed by atoms with Gasteiger partial charge in [-0.25, -0.2) is 0 Å². The molecule has 1 heterocycles. The van der Waals surface area contributed by atoms with Gasteiger partial charge in [-0.3, -0.25) is 9.59 Å². The van der Waals surface area contributed by atoms with Crippen LogP contribution in [0.2, 0.25) is 0 Å². The predicted octanol–water partition coefficient (Wildman–Crippen LogP) is 2.32. The molecule has 0 aliphatic rings. The third-order valence-electron chi connectivity index (χ3n) is 2.65. The van der Waals surface area contributed by atoms with Gasteiger partial charge in [0.05, 0.1) is 16.9 Å². The minimum Gasteiger partial charge on any atom is -0.484 e. The third kappa shape index (κ3) is 5.87. The van der Waals surface area contributed by atoms with Gasteiger partial charge in [0, 0.05) is 4.88 Å². The predicted molar refractivity (Wildman–Crippen MR) is 88.8 cm³/mol. The molecule has 2 N–H and O–H groups in total. The number of rotatable bonds is 7. The first-order valence-electron chi connectivity index (χ1n) is 6.59. The van der Waals surface area contributed by atoms with Crippen LogP contribution < -0.4 is 15.4 Å². The van der Waals surface area contributed by atoms with Crippen molar-refractivity contribution in [2.24, 2.45) is 0 Å². The monoisotopic (exact) mass is 382 g/mol. The highest BCUT2D eigenvalue weighted by atomic mass is 79.9. The summed E-state index contributed by atoms with van der Waals surface area (Å²) in [6.45, 7) is 0.268. The Bertz CT molecular complexity index is 631. The van der Waals surface area contributed by atoms with Gasteiger partial charge in [-0.05, 0) is 40.2 Å². The summed E-state index contributed by atoms with van der Waals surface area (Å²) < 4.78 is 6.30. The Kier molecular flexibility index (Phi) is 6.42. The van der Waals surface area contributed by atoms with Gasteiger partial charge < -0.3 is 15.4 Å². The number of thiophene rings is 1. The average molecular weight is 383 g/mol. The van der Waals surface area contributed by atoms with E-state index in [9.17, 15) is 9.59 Å². The molecule has 2 amide bonds. The third-order valence-corrected chi connectivity index (χ3v) is 4.27. The van der Waals surface area contributed by atoms with Crippen molar-refractivity contribution >= 4 is 39.1 Å². The van der Waals surface area contributed by atoms with Crippen molar-refractivity contribution in [1.82, 2.24) is 10.6 Å². The Morgan fingerprint density at radius 3 is 2.50 bits per heavy atom. The van der Waals surface area contributed by atoms with E-state index in [0.29, 0.717) is 12.3 Å². The van der Waals surface area contributed by atoms with Crippen LogP contribution in [-0.4, -0.2) is 25.0 Å². The van der Waals surface area contributed by atoms with Crippen LogP contribution in [0, 0.1) is 0 Å². The van der Waals surface area contributed by atoms with Crippen LogP contribution in [0.15, 0.2) is 46.3 Å². The van der Waals surface area contributed by atoms with E-state index < -0.39 is 0 Å². The summed E-state index contributed by atoms with van der Waals surface area (Å²) in [5.74, 6) is 0.0424. The Labute approximate surface area is 140 Å². The Hall–Kier alpha value is -1.86. The average Bonchev–Trinajstić information content (AvgIpc) is 2.95. The van der Waals surface area contributed by atoms with E-state index in [1.165, 1.54) is 0 Å². The molecule has 0 spiro atoms. The van der Waals surface area contributed by atoms with Crippen molar-refractivity contribution in [2.45, 2.75) is 6.54 Å². The summed E-state index contributed by atoms with van der Waals surface area (Å²) >= 11 is 4.91. The number of carbonyl (C=O) groups is 2. The summed E-state index contributed by atoms with van der Waals surface area (Å²) in [6, 6.07) is 12.9. The van der Waals surface area contributed by atoms with Crippen molar-refractivity contribution < 1.29 is 14.3 Å². The molecule has 5 nitrogen and oxygen atoms in total. The van der Waals surface area contributed by atoms with E-state index in [0.717, 1.165) is 8.66 Å². The summed E-state index contributed by atoms with van der Waals surface area (Å²) in [6.07, 6.45) is 0. The topological polar surface area (TPSA) is 67.4 Å². The molecule has 22 heavy (non-hydrogen) atoms. The molecule has 0 aliphatic heterocycles. The van der Waals surface area contributed by atoms with Gasteiger partial charge in [0.25, 0.3) is 5.91 Å². The van der Waals surface area contributed by atoms with E-state index in [2.05, 4.69) is 26.6 Å². The van der Waals surface area contributed by atoms with Gasteiger partial charge in [-0.1, -0.05) is 18.2 Å². The Balaban J connectivity index is 1.62. The maximum atomic E-state index is 11.6. The fourth-order valence-corrected chi connectivity index (χ4v) is 3.01. The van der Waals surface area contributed by atoms with Gasteiger partial charge in [0.15, 0.2) is 6.61 Å². The second-order valence-electron chi connectivity index (χ2n) is 4.36. The van der Waals surface area contributed by atoms with Gasteiger partial charge in [0.2, 0.25) is 5.91 Å². The molecular weight excluding hydrogens is 368 g/mol. The van der Waals surface area contributed by atoms with E-state index >= 15 is 0 Å². The number of carbonyl (C=O) groups excluding carboxylic acids is 2. The summed E-state index contributed by atoms with van der Waals surface area (Å²) in [5, 5.41) is 5.25. The lowest BCUT2D eigenvalue weighted by Crippen LogP contribution is -2.38. The normalized spacial score (nSPS) is 10.0. The summed E-state index contributed by atoms with van der Waals surface area (Å²) in [5.41, 5.74) is 0. The molecule has 116 valence electrons. The fourth-order valence-electron chi connectivity index (χ4n) is 1.59. The molecule has 0 radical (unpaired) electrons. The lowest BCUT2D eigenvalue weighted by Gasteiger charge is -2.07. The molecule has 0 saturated carbocycles. The number of hydrogen-bond donors (Lipinski definition) is 2. The smallest absolute Gasteiger partial charge is 0.258 e. The molecule has 1 aromatic heterocycles. The van der Waals surface area contributed by atoms with E-state index in [-0.39, 0.29) is 25.0 Å². The van der Waals surface area contributed by atoms with Crippen molar-refractivity contribution in [3.05, 3.63) is 51.1 Å². The molecule has 0 saturated heterocycles. The number of halogens is 1. The van der Waals surface area contributed by atoms with Crippen molar-refractivity contribution in [3.8, 4) is 5.75 Å².